The molecule has 2 unspecified atom stereocenters. The number of hydrogen-bond donors (Lipinski definition) is 1. The van der Waals surface area contributed by atoms with E-state index in [2.05, 4.69) is 10.2 Å². The summed E-state index contributed by atoms with van der Waals surface area (Å²) < 4.78 is 41.5. The number of nitrogens with zero attached hydrogens (tertiary/aromatic N) is 2. The van der Waals surface area contributed by atoms with Crippen molar-refractivity contribution in [2.75, 3.05) is 47.9 Å². The molecule has 2 atom stereocenters. The number of ether oxygens (including phenoxy) is 2. The maximum absolute atomic E-state index is 13.2. The molecule has 4 aromatic rings. The molecule has 1 saturated heterocycles. The highest BCUT2D eigenvalue weighted by Gasteiger charge is 2.31. The van der Waals surface area contributed by atoms with Crippen molar-refractivity contribution in [2.24, 2.45) is 5.92 Å². The first-order chi connectivity index (χ1) is 20.7. The summed E-state index contributed by atoms with van der Waals surface area (Å²) in [4.78, 5) is 27.8. The monoisotopic (exact) mass is 604 g/mol. The zero-order valence-corrected chi connectivity index (χ0v) is 25.3. The van der Waals surface area contributed by atoms with Crippen LogP contribution in [0, 0.1) is 12.8 Å². The van der Waals surface area contributed by atoms with Crippen LogP contribution in [0.4, 0.5) is 17.1 Å². The molecule has 1 aliphatic heterocycles. The van der Waals surface area contributed by atoms with Gasteiger partial charge in [0.25, 0.3) is 5.91 Å². The Labute approximate surface area is 253 Å². The van der Waals surface area contributed by atoms with E-state index in [1.807, 2.05) is 37.3 Å². The number of morpholine rings is 1. The number of benzene rings is 3. The van der Waals surface area contributed by atoms with Crippen LogP contribution in [0.15, 0.2) is 71.1 Å². The Balaban J connectivity index is 1.32. The molecular weight excluding hydrogens is 570 g/mol. The van der Waals surface area contributed by atoms with Crippen LogP contribution < -0.4 is 14.5 Å². The number of hydrogen-bond acceptors (Lipinski definition) is 8. The van der Waals surface area contributed by atoms with Gasteiger partial charge in [0.15, 0.2) is 5.76 Å². The molecule has 1 aromatic heterocycles. The average Bonchev–Trinajstić information content (AvgIpc) is 3.36. The molecule has 2 heterocycles. The SMILES string of the molecule is COC(=O)C(C(C)C)N(c1ccc(-c2ccc(NC(=O)c3oc4cccc(N5CCOCC5)c4c3C)cc2)cc1)S(=O)[O-]. The Bertz CT molecular complexity index is 1630. The lowest BCUT2D eigenvalue weighted by Gasteiger charge is -2.35. The first-order valence-electron chi connectivity index (χ1n) is 14.0. The second-order valence-electron chi connectivity index (χ2n) is 10.6. The molecule has 1 fully saturated rings. The van der Waals surface area contributed by atoms with Gasteiger partial charge in [-0.05, 0) is 60.4 Å². The third kappa shape index (κ3) is 6.29. The minimum Gasteiger partial charge on any atom is -0.755 e. The highest BCUT2D eigenvalue weighted by atomic mass is 32.2. The van der Waals surface area contributed by atoms with E-state index < -0.39 is 23.3 Å². The second kappa shape index (κ2) is 13.0. The van der Waals surface area contributed by atoms with Crippen LogP contribution in [0.3, 0.4) is 0 Å². The van der Waals surface area contributed by atoms with Crippen molar-refractivity contribution in [3.63, 3.8) is 0 Å². The quantitative estimate of drug-likeness (QED) is 0.202. The molecule has 0 bridgehead atoms. The van der Waals surface area contributed by atoms with Crippen LogP contribution in [0.5, 0.6) is 0 Å². The fourth-order valence-corrected chi connectivity index (χ4v) is 6.21. The number of aryl methyl sites for hydroxylation is 1. The van der Waals surface area contributed by atoms with E-state index >= 15 is 0 Å². The lowest BCUT2D eigenvalue weighted by Crippen LogP contribution is -2.46. The first kappa shape index (κ1) is 30.3. The minimum atomic E-state index is -2.69. The van der Waals surface area contributed by atoms with Gasteiger partial charge >= 0.3 is 5.97 Å². The van der Waals surface area contributed by atoms with Crippen LogP contribution in [0.1, 0.15) is 30.0 Å². The summed E-state index contributed by atoms with van der Waals surface area (Å²) in [5.41, 5.74) is 5.13. The van der Waals surface area contributed by atoms with Gasteiger partial charge in [-0.2, -0.15) is 0 Å². The van der Waals surface area contributed by atoms with E-state index in [0.29, 0.717) is 30.2 Å². The number of nitrogens with one attached hydrogen (secondary N) is 1. The number of anilines is 3. The van der Waals surface area contributed by atoms with Crippen LogP contribution >= 0.6 is 0 Å². The van der Waals surface area contributed by atoms with Crippen molar-refractivity contribution in [2.45, 2.75) is 26.8 Å². The maximum Gasteiger partial charge on any atom is 0.329 e. The summed E-state index contributed by atoms with van der Waals surface area (Å²) in [6.07, 6.45) is 0. The molecule has 1 aliphatic rings. The summed E-state index contributed by atoms with van der Waals surface area (Å²) in [5, 5.41) is 3.86. The fraction of sp³-hybridized carbons (Fsp3) is 0.312. The summed E-state index contributed by atoms with van der Waals surface area (Å²) in [5.74, 6) is -1.00. The van der Waals surface area contributed by atoms with E-state index in [1.165, 1.54) is 7.11 Å². The first-order valence-corrected chi connectivity index (χ1v) is 15.1. The normalized spacial score (nSPS) is 14.9. The predicted octanol–water partition coefficient (Wildman–Crippen LogP) is 5.30. The van der Waals surface area contributed by atoms with Crippen molar-refractivity contribution in [1.82, 2.24) is 0 Å². The third-order valence-electron chi connectivity index (χ3n) is 7.58. The van der Waals surface area contributed by atoms with Crippen molar-refractivity contribution in [1.29, 1.82) is 0 Å². The van der Waals surface area contributed by atoms with Crippen molar-refractivity contribution in [3.8, 4) is 11.1 Å². The van der Waals surface area contributed by atoms with E-state index in [-0.39, 0.29) is 17.6 Å². The molecule has 0 radical (unpaired) electrons. The standard InChI is InChI=1S/C32H35N3O7S/c1-20(2)29(32(37)40-4)35(43(38)39)25-14-10-23(11-15-25)22-8-12-24(13-9-22)33-31(36)30-21(3)28-26(6-5-7-27(28)42-30)34-16-18-41-19-17-34/h5-15,20,29H,16-19H2,1-4H3,(H,33,36)(H,38,39)/p-1. The molecule has 0 aliphatic carbocycles. The Hall–Kier alpha value is -4.19. The number of rotatable bonds is 9. The highest BCUT2D eigenvalue weighted by Crippen LogP contribution is 2.35. The lowest BCUT2D eigenvalue weighted by atomic mass is 10.0. The van der Waals surface area contributed by atoms with Crippen molar-refractivity contribution in [3.05, 3.63) is 78.1 Å². The van der Waals surface area contributed by atoms with Gasteiger partial charge in [-0.1, -0.05) is 44.2 Å². The maximum atomic E-state index is 13.2. The number of amides is 1. The topological polar surface area (TPSA) is 124 Å². The van der Waals surface area contributed by atoms with Crippen LogP contribution in [0.25, 0.3) is 22.1 Å². The van der Waals surface area contributed by atoms with Crippen molar-refractivity contribution >= 4 is 51.2 Å². The molecule has 226 valence electrons. The van der Waals surface area contributed by atoms with Gasteiger partial charge in [-0.25, -0.2) is 4.79 Å². The Morgan fingerprint density at radius 1 is 1.00 bits per heavy atom. The lowest BCUT2D eigenvalue weighted by molar-refractivity contribution is -0.142. The van der Waals surface area contributed by atoms with E-state index in [4.69, 9.17) is 13.9 Å². The molecule has 11 heteroatoms. The molecule has 0 spiro atoms. The van der Waals surface area contributed by atoms with Crippen LogP contribution in [-0.2, 0) is 25.5 Å². The van der Waals surface area contributed by atoms with Gasteiger partial charge in [0.2, 0.25) is 0 Å². The molecule has 43 heavy (non-hydrogen) atoms. The molecule has 1 amide bonds. The number of carbonyl (C=O) groups is 2. The second-order valence-corrected chi connectivity index (χ2v) is 11.5. The highest BCUT2D eigenvalue weighted by molar-refractivity contribution is 7.80. The third-order valence-corrected chi connectivity index (χ3v) is 8.33. The van der Waals surface area contributed by atoms with Gasteiger partial charge in [0.05, 0.1) is 20.3 Å². The smallest absolute Gasteiger partial charge is 0.329 e. The summed E-state index contributed by atoms with van der Waals surface area (Å²) in [6.45, 7) is 8.30. The zero-order valence-electron chi connectivity index (χ0n) is 24.5. The Morgan fingerprint density at radius 2 is 1.63 bits per heavy atom. The molecule has 3 aromatic carbocycles. The fourth-order valence-electron chi connectivity index (χ4n) is 5.40. The van der Waals surface area contributed by atoms with Crippen molar-refractivity contribution < 1.29 is 32.2 Å². The molecule has 0 saturated carbocycles. The zero-order chi connectivity index (χ0) is 30.7. The number of esters is 1. The predicted molar refractivity (Wildman–Crippen MR) is 166 cm³/mol. The van der Waals surface area contributed by atoms with Gasteiger partial charge in [-0.3, -0.25) is 13.3 Å². The number of furan rings is 1. The Morgan fingerprint density at radius 3 is 2.21 bits per heavy atom. The summed E-state index contributed by atoms with van der Waals surface area (Å²) >= 11 is -2.69. The van der Waals surface area contributed by atoms with E-state index in [0.717, 1.165) is 45.2 Å². The molecule has 10 nitrogen and oxygen atoms in total. The molecular formula is C32H34N3O7S-. The number of fused-ring (bicyclic) bond motifs is 1. The minimum absolute atomic E-state index is 0.266. The summed E-state index contributed by atoms with van der Waals surface area (Å²) in [6, 6.07) is 19.0. The van der Waals surface area contributed by atoms with Gasteiger partial charge < -0.3 is 28.7 Å². The largest absolute Gasteiger partial charge is 0.755 e. The van der Waals surface area contributed by atoms with Crippen LogP contribution in [-0.4, -0.2) is 60.1 Å². The van der Waals surface area contributed by atoms with Gasteiger partial charge in [0, 0.05) is 52.4 Å². The summed E-state index contributed by atoms with van der Waals surface area (Å²) in [7, 11) is 1.24. The molecule has 5 rings (SSSR count). The van der Waals surface area contributed by atoms with E-state index in [9.17, 15) is 18.4 Å². The van der Waals surface area contributed by atoms with E-state index in [1.54, 1.807) is 50.2 Å². The van der Waals surface area contributed by atoms with Gasteiger partial charge in [-0.15, -0.1) is 0 Å². The molecule has 1 N–H and O–H groups in total. The number of methoxy groups -OCH3 is 1. The Kier molecular flexibility index (Phi) is 9.14. The van der Waals surface area contributed by atoms with Gasteiger partial charge in [0.1, 0.15) is 11.6 Å². The van der Waals surface area contributed by atoms with Crippen LogP contribution in [0.2, 0.25) is 0 Å². The number of carbonyl (C=O) groups excluding carboxylic acids is 2. The average molecular weight is 605 g/mol.